The van der Waals surface area contributed by atoms with Gasteiger partial charge in [0, 0.05) is 9.13 Å². The Morgan fingerprint density at radius 1 is 1.33 bits per heavy atom. The third kappa shape index (κ3) is 2.85. The van der Waals surface area contributed by atoms with Gasteiger partial charge in [0.25, 0.3) is 5.91 Å². The largest absolute Gasteiger partial charge is 0.482 e. The van der Waals surface area contributed by atoms with Crippen LogP contribution in [-0.4, -0.2) is 12.5 Å². The smallest absolute Gasteiger partial charge is 0.265 e. The SMILES string of the molecule is O=C1COc2cc(I)ccc2N1Cc1cccc(Cl)c1F. The molecule has 21 heavy (non-hydrogen) atoms. The van der Waals surface area contributed by atoms with Crippen molar-refractivity contribution in [2.75, 3.05) is 11.5 Å². The van der Waals surface area contributed by atoms with E-state index in [1.165, 1.54) is 11.0 Å². The molecule has 0 saturated carbocycles. The summed E-state index contributed by atoms with van der Waals surface area (Å²) in [6.45, 7) is 0.0808. The van der Waals surface area contributed by atoms with Crippen molar-refractivity contribution >= 4 is 45.8 Å². The first-order chi connectivity index (χ1) is 10.1. The van der Waals surface area contributed by atoms with Crippen molar-refractivity contribution in [3.8, 4) is 5.75 Å². The second-order valence-electron chi connectivity index (χ2n) is 4.59. The maximum absolute atomic E-state index is 14.0. The zero-order valence-electron chi connectivity index (χ0n) is 10.8. The van der Waals surface area contributed by atoms with Gasteiger partial charge in [-0.25, -0.2) is 4.39 Å². The number of hydrogen-bond acceptors (Lipinski definition) is 2. The molecule has 1 aliphatic heterocycles. The summed E-state index contributed by atoms with van der Waals surface area (Å²) >= 11 is 7.96. The van der Waals surface area contributed by atoms with Gasteiger partial charge in [-0.3, -0.25) is 4.79 Å². The minimum atomic E-state index is -0.495. The highest BCUT2D eigenvalue weighted by atomic mass is 127. The van der Waals surface area contributed by atoms with Crippen LogP contribution in [0.15, 0.2) is 36.4 Å². The molecule has 0 unspecified atom stereocenters. The molecule has 6 heteroatoms. The molecule has 0 aromatic heterocycles. The van der Waals surface area contributed by atoms with Crippen LogP contribution in [0.4, 0.5) is 10.1 Å². The first kappa shape index (κ1) is 14.6. The number of hydrogen-bond donors (Lipinski definition) is 0. The van der Waals surface area contributed by atoms with Gasteiger partial charge in [0.2, 0.25) is 0 Å². The quantitative estimate of drug-likeness (QED) is 0.691. The molecule has 1 aliphatic rings. The van der Waals surface area contributed by atoms with Gasteiger partial charge in [-0.15, -0.1) is 0 Å². The third-order valence-electron chi connectivity index (χ3n) is 3.22. The summed E-state index contributed by atoms with van der Waals surface area (Å²) in [6.07, 6.45) is 0. The zero-order valence-corrected chi connectivity index (χ0v) is 13.7. The van der Waals surface area contributed by atoms with Crippen LogP contribution >= 0.6 is 34.2 Å². The number of halogens is 3. The molecular formula is C15H10ClFINO2. The van der Waals surface area contributed by atoms with Crippen LogP contribution in [0.3, 0.4) is 0 Å². The summed E-state index contributed by atoms with van der Waals surface area (Å²) in [5.41, 5.74) is 1.02. The first-order valence-corrected chi connectivity index (χ1v) is 7.67. The lowest BCUT2D eigenvalue weighted by Crippen LogP contribution is -2.38. The Bertz CT molecular complexity index is 723. The predicted octanol–water partition coefficient (Wildman–Crippen LogP) is 4.01. The van der Waals surface area contributed by atoms with E-state index in [0.717, 1.165) is 3.57 Å². The van der Waals surface area contributed by atoms with E-state index in [1.54, 1.807) is 18.2 Å². The highest BCUT2D eigenvalue weighted by molar-refractivity contribution is 14.1. The van der Waals surface area contributed by atoms with E-state index in [-0.39, 0.29) is 24.1 Å². The topological polar surface area (TPSA) is 29.5 Å². The molecule has 0 aliphatic carbocycles. The average molecular weight is 418 g/mol. The monoisotopic (exact) mass is 417 g/mol. The molecule has 0 fully saturated rings. The Balaban J connectivity index is 1.99. The van der Waals surface area contributed by atoms with Crippen molar-refractivity contribution in [1.82, 2.24) is 0 Å². The van der Waals surface area contributed by atoms with Crippen molar-refractivity contribution in [2.45, 2.75) is 6.54 Å². The van der Waals surface area contributed by atoms with Gasteiger partial charge < -0.3 is 9.64 Å². The standard InChI is InChI=1S/C15H10ClFINO2/c16-11-3-1-2-9(15(11)17)7-19-12-5-4-10(18)6-13(12)21-8-14(19)20/h1-6H,7-8H2. The summed E-state index contributed by atoms with van der Waals surface area (Å²) in [5.74, 6) is -0.0717. The van der Waals surface area contributed by atoms with Crippen LogP contribution in [0, 0.1) is 9.39 Å². The number of anilines is 1. The van der Waals surface area contributed by atoms with Gasteiger partial charge in [-0.05, 0) is 46.9 Å². The zero-order chi connectivity index (χ0) is 15.0. The summed E-state index contributed by atoms with van der Waals surface area (Å²) in [7, 11) is 0. The Hall–Kier alpha value is -1.34. The highest BCUT2D eigenvalue weighted by Crippen LogP contribution is 2.34. The van der Waals surface area contributed by atoms with Crippen LogP contribution in [-0.2, 0) is 11.3 Å². The Labute approximate surface area is 139 Å². The lowest BCUT2D eigenvalue weighted by Gasteiger charge is -2.29. The highest BCUT2D eigenvalue weighted by Gasteiger charge is 2.26. The molecule has 2 aromatic rings. The molecule has 0 bridgehead atoms. The number of rotatable bonds is 2. The molecule has 108 valence electrons. The van der Waals surface area contributed by atoms with E-state index in [9.17, 15) is 9.18 Å². The van der Waals surface area contributed by atoms with Gasteiger partial charge in [0.05, 0.1) is 17.3 Å². The second kappa shape index (κ2) is 5.81. The third-order valence-corrected chi connectivity index (χ3v) is 4.19. The Morgan fingerprint density at radius 2 is 2.14 bits per heavy atom. The maximum atomic E-state index is 14.0. The van der Waals surface area contributed by atoms with E-state index in [2.05, 4.69) is 22.6 Å². The second-order valence-corrected chi connectivity index (χ2v) is 6.25. The number of fused-ring (bicyclic) bond motifs is 1. The fourth-order valence-corrected chi connectivity index (χ4v) is 2.85. The molecule has 3 nitrogen and oxygen atoms in total. The van der Waals surface area contributed by atoms with Gasteiger partial charge in [0.1, 0.15) is 11.6 Å². The van der Waals surface area contributed by atoms with E-state index in [1.807, 2.05) is 12.1 Å². The first-order valence-electron chi connectivity index (χ1n) is 6.22. The molecule has 0 spiro atoms. The van der Waals surface area contributed by atoms with Crippen LogP contribution < -0.4 is 9.64 Å². The van der Waals surface area contributed by atoms with Crippen molar-refractivity contribution in [3.63, 3.8) is 0 Å². The molecule has 3 rings (SSSR count). The van der Waals surface area contributed by atoms with E-state index in [4.69, 9.17) is 16.3 Å². The molecule has 1 amide bonds. The average Bonchev–Trinajstić information content (AvgIpc) is 2.46. The van der Waals surface area contributed by atoms with Gasteiger partial charge in [-0.1, -0.05) is 23.7 Å². The molecule has 0 radical (unpaired) electrons. The number of nitrogens with zero attached hydrogens (tertiary/aromatic N) is 1. The number of benzene rings is 2. The molecule has 1 heterocycles. The van der Waals surface area contributed by atoms with Crippen LogP contribution in [0.1, 0.15) is 5.56 Å². The van der Waals surface area contributed by atoms with E-state index >= 15 is 0 Å². The Morgan fingerprint density at radius 3 is 2.95 bits per heavy atom. The van der Waals surface area contributed by atoms with Gasteiger partial charge >= 0.3 is 0 Å². The van der Waals surface area contributed by atoms with Crippen molar-refractivity contribution < 1.29 is 13.9 Å². The van der Waals surface area contributed by atoms with E-state index in [0.29, 0.717) is 17.0 Å². The van der Waals surface area contributed by atoms with Crippen LogP contribution in [0.5, 0.6) is 5.75 Å². The number of carbonyl (C=O) groups excluding carboxylic acids is 1. The predicted molar refractivity (Wildman–Crippen MR) is 87.3 cm³/mol. The summed E-state index contributed by atoms with van der Waals surface area (Å²) in [4.78, 5) is 13.6. The Kier molecular flexibility index (Phi) is 4.03. The minimum absolute atomic E-state index is 0.0464. The van der Waals surface area contributed by atoms with Crippen LogP contribution in [0.25, 0.3) is 0 Å². The summed E-state index contributed by atoms with van der Waals surface area (Å²) in [5, 5.41) is 0.0519. The number of amides is 1. The fraction of sp³-hybridized carbons (Fsp3) is 0.133. The van der Waals surface area contributed by atoms with E-state index < -0.39 is 5.82 Å². The van der Waals surface area contributed by atoms with Gasteiger partial charge in [0.15, 0.2) is 6.61 Å². The fourth-order valence-electron chi connectivity index (χ4n) is 2.19. The molecule has 0 saturated heterocycles. The van der Waals surface area contributed by atoms with Crippen molar-refractivity contribution in [1.29, 1.82) is 0 Å². The number of ether oxygens (including phenoxy) is 1. The number of carbonyl (C=O) groups is 1. The van der Waals surface area contributed by atoms with Gasteiger partial charge in [-0.2, -0.15) is 0 Å². The van der Waals surface area contributed by atoms with Crippen molar-refractivity contribution in [3.05, 3.63) is 56.4 Å². The lowest BCUT2D eigenvalue weighted by molar-refractivity contribution is -0.121. The normalized spacial score (nSPS) is 13.9. The maximum Gasteiger partial charge on any atom is 0.265 e. The molecular weight excluding hydrogens is 408 g/mol. The molecule has 0 N–H and O–H groups in total. The summed E-state index contributed by atoms with van der Waals surface area (Å²) in [6, 6.07) is 10.3. The van der Waals surface area contributed by atoms with Crippen LogP contribution in [0.2, 0.25) is 5.02 Å². The lowest BCUT2D eigenvalue weighted by atomic mass is 10.1. The van der Waals surface area contributed by atoms with Crippen molar-refractivity contribution in [2.24, 2.45) is 0 Å². The molecule has 2 aromatic carbocycles. The summed E-state index contributed by atoms with van der Waals surface area (Å²) < 4.78 is 20.5. The minimum Gasteiger partial charge on any atom is -0.482 e. The molecule has 0 atom stereocenters.